The minimum Gasteiger partial charge on any atom is -0.380 e. The van der Waals surface area contributed by atoms with Crippen molar-refractivity contribution in [1.29, 1.82) is 0 Å². The molecule has 0 amide bonds. The minimum atomic E-state index is 0.582. The van der Waals surface area contributed by atoms with Crippen LogP contribution in [0.2, 0.25) is 0 Å². The number of rotatable bonds is 14. The lowest BCUT2D eigenvalue weighted by molar-refractivity contribution is 0.0779. The number of ether oxygens (including phenoxy) is 2. The van der Waals surface area contributed by atoms with Gasteiger partial charge in [0.05, 0.1) is 13.2 Å². The molecule has 19 heavy (non-hydrogen) atoms. The normalized spacial score (nSPS) is 13.1. The fourth-order valence-corrected chi connectivity index (χ4v) is 2.18. The van der Waals surface area contributed by atoms with E-state index in [1.807, 2.05) is 13.8 Å². The zero-order chi connectivity index (χ0) is 14.3. The molecule has 0 radical (unpaired) electrons. The maximum Gasteiger partial charge on any atom is 0.0593 e. The van der Waals surface area contributed by atoms with Crippen LogP contribution < -0.4 is 5.32 Å². The molecule has 0 aliphatic heterocycles. The van der Waals surface area contributed by atoms with Crippen LogP contribution in [-0.2, 0) is 9.47 Å². The molecule has 0 aromatic carbocycles. The molecule has 0 aromatic rings. The van der Waals surface area contributed by atoms with E-state index in [1.54, 1.807) is 0 Å². The van der Waals surface area contributed by atoms with Gasteiger partial charge in [-0.05, 0) is 26.8 Å². The molecular formula is C15H34N2O2. The average molecular weight is 274 g/mol. The second-order valence-corrected chi connectivity index (χ2v) is 4.74. The smallest absolute Gasteiger partial charge is 0.0593 e. The summed E-state index contributed by atoms with van der Waals surface area (Å²) in [7, 11) is 0. The van der Waals surface area contributed by atoms with Gasteiger partial charge >= 0.3 is 0 Å². The van der Waals surface area contributed by atoms with E-state index in [-0.39, 0.29) is 0 Å². The van der Waals surface area contributed by atoms with Crippen LogP contribution in [0.15, 0.2) is 0 Å². The van der Waals surface area contributed by atoms with Gasteiger partial charge in [0, 0.05) is 38.9 Å². The molecule has 1 atom stereocenters. The maximum absolute atomic E-state index is 5.47. The highest BCUT2D eigenvalue weighted by molar-refractivity contribution is 4.71. The molecule has 0 fully saturated rings. The number of nitrogens with one attached hydrogen (secondary N) is 1. The molecule has 116 valence electrons. The van der Waals surface area contributed by atoms with Gasteiger partial charge in [0.1, 0.15) is 0 Å². The fourth-order valence-electron chi connectivity index (χ4n) is 2.18. The molecule has 0 saturated heterocycles. The molecule has 0 aliphatic carbocycles. The highest BCUT2D eigenvalue weighted by Gasteiger charge is 2.12. The van der Waals surface area contributed by atoms with Gasteiger partial charge in [-0.1, -0.05) is 20.3 Å². The Morgan fingerprint density at radius 3 is 1.95 bits per heavy atom. The lowest BCUT2D eigenvalue weighted by Crippen LogP contribution is -2.43. The van der Waals surface area contributed by atoms with Crippen molar-refractivity contribution in [2.75, 3.05) is 52.6 Å². The zero-order valence-electron chi connectivity index (χ0n) is 13.4. The number of likely N-dealkylation sites (N-methyl/N-ethyl adjacent to an activating group) is 1. The van der Waals surface area contributed by atoms with E-state index in [4.69, 9.17) is 9.47 Å². The van der Waals surface area contributed by atoms with E-state index in [0.29, 0.717) is 6.04 Å². The van der Waals surface area contributed by atoms with Crippen molar-refractivity contribution in [3.8, 4) is 0 Å². The molecule has 1 unspecified atom stereocenters. The van der Waals surface area contributed by atoms with Crippen LogP contribution in [-0.4, -0.2) is 63.5 Å². The first kappa shape index (κ1) is 18.8. The Bertz CT molecular complexity index is 164. The van der Waals surface area contributed by atoms with E-state index in [0.717, 1.165) is 52.6 Å². The van der Waals surface area contributed by atoms with Gasteiger partial charge in [-0.15, -0.1) is 0 Å². The Labute approximate surface area is 119 Å². The minimum absolute atomic E-state index is 0.582. The third-order valence-corrected chi connectivity index (χ3v) is 3.12. The Hall–Kier alpha value is -0.160. The summed E-state index contributed by atoms with van der Waals surface area (Å²) in [6, 6.07) is 0.582. The van der Waals surface area contributed by atoms with Gasteiger partial charge in [0.15, 0.2) is 0 Å². The van der Waals surface area contributed by atoms with Crippen LogP contribution in [0, 0.1) is 0 Å². The molecular weight excluding hydrogens is 240 g/mol. The van der Waals surface area contributed by atoms with Gasteiger partial charge in [0.2, 0.25) is 0 Å². The molecule has 4 nitrogen and oxygen atoms in total. The number of hydrogen-bond donors (Lipinski definition) is 1. The molecule has 1 N–H and O–H groups in total. The molecule has 0 rings (SSSR count). The molecule has 4 heteroatoms. The summed E-state index contributed by atoms with van der Waals surface area (Å²) in [6.07, 6.45) is 2.45. The first-order chi connectivity index (χ1) is 9.28. The molecule has 0 aromatic heterocycles. The van der Waals surface area contributed by atoms with E-state index in [1.165, 1.54) is 12.8 Å². The summed E-state index contributed by atoms with van der Waals surface area (Å²) >= 11 is 0. The first-order valence-electron chi connectivity index (χ1n) is 7.89. The van der Waals surface area contributed by atoms with Crippen molar-refractivity contribution in [3.63, 3.8) is 0 Å². The van der Waals surface area contributed by atoms with Gasteiger partial charge in [-0.25, -0.2) is 0 Å². The molecule has 0 aliphatic rings. The fraction of sp³-hybridized carbons (Fsp3) is 1.00. The quantitative estimate of drug-likeness (QED) is 0.492. The van der Waals surface area contributed by atoms with Crippen molar-refractivity contribution < 1.29 is 9.47 Å². The summed E-state index contributed by atoms with van der Waals surface area (Å²) in [5.74, 6) is 0. The number of hydrogen-bond acceptors (Lipinski definition) is 4. The second kappa shape index (κ2) is 14.3. The summed E-state index contributed by atoms with van der Waals surface area (Å²) < 4.78 is 10.9. The van der Waals surface area contributed by atoms with Gasteiger partial charge in [-0.3, -0.25) is 4.90 Å². The molecule has 0 spiro atoms. The summed E-state index contributed by atoms with van der Waals surface area (Å²) in [4.78, 5) is 2.45. The predicted molar refractivity (Wildman–Crippen MR) is 81.8 cm³/mol. The van der Waals surface area contributed by atoms with Crippen LogP contribution >= 0.6 is 0 Å². The third-order valence-electron chi connectivity index (χ3n) is 3.12. The van der Waals surface area contributed by atoms with Crippen molar-refractivity contribution in [3.05, 3.63) is 0 Å². The summed E-state index contributed by atoms with van der Waals surface area (Å²) in [5, 5.41) is 3.57. The van der Waals surface area contributed by atoms with E-state index in [2.05, 4.69) is 24.1 Å². The maximum atomic E-state index is 5.47. The number of nitrogens with zero attached hydrogens (tertiary/aromatic N) is 1. The van der Waals surface area contributed by atoms with Crippen LogP contribution in [0.25, 0.3) is 0 Å². The van der Waals surface area contributed by atoms with Crippen LogP contribution in [0.3, 0.4) is 0 Å². The van der Waals surface area contributed by atoms with Gasteiger partial charge in [0.25, 0.3) is 0 Å². The van der Waals surface area contributed by atoms with Crippen molar-refractivity contribution in [1.82, 2.24) is 10.2 Å². The molecule has 0 heterocycles. The highest BCUT2D eigenvalue weighted by atomic mass is 16.5. The Morgan fingerprint density at radius 1 is 0.947 bits per heavy atom. The van der Waals surface area contributed by atoms with Crippen LogP contribution in [0.1, 0.15) is 40.5 Å². The molecule has 0 saturated carbocycles. The zero-order valence-corrected chi connectivity index (χ0v) is 13.4. The third kappa shape index (κ3) is 11.4. The van der Waals surface area contributed by atoms with E-state index < -0.39 is 0 Å². The summed E-state index contributed by atoms with van der Waals surface area (Å²) in [5.41, 5.74) is 0. The lowest BCUT2D eigenvalue weighted by atomic mass is 10.1. The highest BCUT2D eigenvalue weighted by Crippen LogP contribution is 2.01. The topological polar surface area (TPSA) is 33.7 Å². The lowest BCUT2D eigenvalue weighted by Gasteiger charge is -2.27. The first-order valence-corrected chi connectivity index (χ1v) is 7.89. The van der Waals surface area contributed by atoms with Crippen molar-refractivity contribution in [2.45, 2.75) is 46.6 Å². The van der Waals surface area contributed by atoms with Crippen LogP contribution in [0.5, 0.6) is 0 Å². The van der Waals surface area contributed by atoms with Gasteiger partial charge < -0.3 is 14.8 Å². The van der Waals surface area contributed by atoms with Crippen LogP contribution in [0.4, 0.5) is 0 Å². The Morgan fingerprint density at radius 2 is 1.53 bits per heavy atom. The van der Waals surface area contributed by atoms with Crippen molar-refractivity contribution in [2.24, 2.45) is 0 Å². The van der Waals surface area contributed by atoms with E-state index >= 15 is 0 Å². The monoisotopic (exact) mass is 274 g/mol. The Kier molecular flexibility index (Phi) is 14.1. The largest absolute Gasteiger partial charge is 0.380 e. The average Bonchev–Trinajstić information content (AvgIpc) is 2.39. The predicted octanol–water partition coefficient (Wildman–Crippen LogP) is 2.14. The molecule has 0 bridgehead atoms. The van der Waals surface area contributed by atoms with E-state index in [9.17, 15) is 0 Å². The SMILES string of the molecule is CCCC(CN(CCOCC)CCOCC)NCC. The standard InChI is InChI=1S/C15H34N2O2/c1-5-9-15(16-6-2)14-17(10-12-18-7-3)11-13-19-8-4/h15-16H,5-14H2,1-4H3. The summed E-state index contributed by atoms with van der Waals surface area (Å²) in [6.45, 7) is 15.8. The van der Waals surface area contributed by atoms with Gasteiger partial charge in [-0.2, -0.15) is 0 Å². The van der Waals surface area contributed by atoms with Crippen molar-refractivity contribution >= 4 is 0 Å². The Balaban J connectivity index is 4.09. The second-order valence-electron chi connectivity index (χ2n) is 4.74.